The van der Waals surface area contributed by atoms with E-state index in [1.165, 1.54) is 5.01 Å². The lowest BCUT2D eigenvalue weighted by Crippen LogP contribution is -2.23. The first-order chi connectivity index (χ1) is 20.1. The maximum Gasteiger partial charge on any atom is 0.280 e. The summed E-state index contributed by atoms with van der Waals surface area (Å²) in [4.78, 5) is 27.7. The molecule has 5 aromatic rings. The Morgan fingerprint density at radius 3 is 1.78 bits per heavy atom. The molecule has 7 rings (SSSR count). The molecule has 7 nitrogen and oxygen atoms in total. The third-order valence-electron chi connectivity index (χ3n) is 6.96. The first-order valence-electron chi connectivity index (χ1n) is 13.1. The predicted molar refractivity (Wildman–Crippen MR) is 165 cm³/mol. The summed E-state index contributed by atoms with van der Waals surface area (Å²) in [7, 11) is 0. The molecule has 1 amide bonds. The van der Waals surface area contributed by atoms with Gasteiger partial charge in [-0.15, -0.1) is 0 Å². The Bertz CT molecular complexity index is 1890. The second-order valence-corrected chi connectivity index (χ2v) is 10.0. The van der Waals surface area contributed by atoms with Crippen LogP contribution in [0.3, 0.4) is 0 Å². The molecule has 0 aliphatic carbocycles. The number of allylic oxidation sites excluding steroid dienone is 2. The molecule has 1 aromatic heterocycles. The van der Waals surface area contributed by atoms with Gasteiger partial charge < -0.3 is 0 Å². The molecule has 0 fully saturated rings. The van der Waals surface area contributed by atoms with E-state index in [1.807, 2.05) is 133 Å². The van der Waals surface area contributed by atoms with Crippen LogP contribution in [-0.4, -0.2) is 21.6 Å². The number of benzene rings is 4. The van der Waals surface area contributed by atoms with Gasteiger partial charge in [0.15, 0.2) is 11.6 Å². The smallest absolute Gasteiger partial charge is 0.277 e. The Morgan fingerprint density at radius 1 is 0.659 bits per heavy atom. The zero-order chi connectivity index (χ0) is 27.9. The molecule has 0 unspecified atom stereocenters. The number of hydrazone groups is 1. The largest absolute Gasteiger partial charge is 0.280 e. The molecule has 41 heavy (non-hydrogen) atoms. The monoisotopic (exact) mass is 554 g/mol. The third-order valence-corrected chi connectivity index (χ3v) is 7.20. The number of fused-ring (bicyclic) bond motifs is 2. The van der Waals surface area contributed by atoms with Gasteiger partial charge in [-0.3, -0.25) is 14.6 Å². The number of hydrogen-bond acceptors (Lipinski definition) is 6. The Balaban J connectivity index is 1.42. The van der Waals surface area contributed by atoms with E-state index in [0.717, 1.165) is 28.4 Å². The average Bonchev–Trinajstić information content (AvgIpc) is 3.48. The van der Waals surface area contributed by atoms with E-state index >= 15 is 0 Å². The van der Waals surface area contributed by atoms with Crippen molar-refractivity contribution < 1.29 is 4.79 Å². The van der Waals surface area contributed by atoms with Gasteiger partial charge in [-0.05, 0) is 73.7 Å². The first kappa shape index (κ1) is 24.7. The van der Waals surface area contributed by atoms with Crippen molar-refractivity contribution in [3.63, 3.8) is 0 Å². The highest BCUT2D eigenvalue weighted by Gasteiger charge is 2.37. The van der Waals surface area contributed by atoms with E-state index in [2.05, 4.69) is 10.0 Å². The van der Waals surface area contributed by atoms with Crippen LogP contribution < -0.4 is 14.8 Å². The standard InChI is InChI=1S/C33H23ClN6O/c1-22-27(33(41)40(37-22)26-15-9-4-10-16-26)18-20-30-38(24-11-5-2-6-12-24)31-32(39(30)25-13-7-3-8-14-25)36-29-21-23(34)17-19-28(29)35-31/h2-21H,1H3/b27-18-,30-20-. The summed E-state index contributed by atoms with van der Waals surface area (Å²) < 4.78 is 0. The average molecular weight is 555 g/mol. The third kappa shape index (κ3) is 4.33. The van der Waals surface area contributed by atoms with Crippen molar-refractivity contribution >= 4 is 63.0 Å². The van der Waals surface area contributed by atoms with Crippen LogP contribution in [0.5, 0.6) is 0 Å². The van der Waals surface area contributed by atoms with Crippen molar-refractivity contribution in [1.82, 2.24) is 9.97 Å². The number of hydrogen-bond donors (Lipinski definition) is 0. The van der Waals surface area contributed by atoms with Crippen molar-refractivity contribution in [3.05, 3.63) is 138 Å². The number of nitrogens with zero attached hydrogens (tertiary/aromatic N) is 6. The Morgan fingerprint density at radius 2 is 1.20 bits per heavy atom. The number of carbonyl (C=O) groups is 1. The Hall–Kier alpha value is -5.27. The van der Waals surface area contributed by atoms with E-state index in [9.17, 15) is 4.79 Å². The van der Waals surface area contributed by atoms with Crippen LogP contribution in [0.2, 0.25) is 5.02 Å². The first-order valence-corrected chi connectivity index (χ1v) is 13.5. The molecule has 0 radical (unpaired) electrons. The second-order valence-electron chi connectivity index (χ2n) is 9.59. The van der Waals surface area contributed by atoms with Crippen molar-refractivity contribution in [1.29, 1.82) is 0 Å². The summed E-state index contributed by atoms with van der Waals surface area (Å²) in [5.74, 6) is 1.92. The minimum atomic E-state index is -0.185. The summed E-state index contributed by atoms with van der Waals surface area (Å²) in [5.41, 5.74) is 5.11. The maximum absolute atomic E-state index is 13.5. The lowest BCUT2D eigenvalue weighted by atomic mass is 10.1. The molecular formula is C33H23ClN6O. The van der Waals surface area contributed by atoms with Gasteiger partial charge >= 0.3 is 0 Å². The molecule has 8 heteroatoms. The zero-order valence-corrected chi connectivity index (χ0v) is 22.8. The topological polar surface area (TPSA) is 64.9 Å². The van der Waals surface area contributed by atoms with Gasteiger partial charge in [0.05, 0.1) is 28.0 Å². The molecule has 0 saturated carbocycles. The highest BCUT2D eigenvalue weighted by Crippen LogP contribution is 2.48. The molecule has 4 aromatic carbocycles. The fraction of sp³-hybridized carbons (Fsp3) is 0.0303. The molecule has 198 valence electrons. The summed E-state index contributed by atoms with van der Waals surface area (Å²) in [5, 5.41) is 6.57. The van der Waals surface area contributed by atoms with Gasteiger partial charge in [-0.2, -0.15) is 10.1 Å². The molecule has 2 aliphatic heterocycles. The van der Waals surface area contributed by atoms with E-state index < -0.39 is 0 Å². The number of aromatic nitrogens is 2. The van der Waals surface area contributed by atoms with Crippen LogP contribution in [0, 0.1) is 0 Å². The molecule has 2 aliphatic rings. The normalized spacial score (nSPS) is 16.7. The number of rotatable bonds is 4. The summed E-state index contributed by atoms with van der Waals surface area (Å²) >= 11 is 6.32. The summed E-state index contributed by atoms with van der Waals surface area (Å²) in [6.07, 6.45) is 3.76. The molecule has 0 atom stereocenters. The molecule has 0 spiro atoms. The van der Waals surface area contributed by atoms with Crippen LogP contribution in [0.15, 0.2) is 138 Å². The van der Waals surface area contributed by atoms with Crippen molar-refractivity contribution in [2.75, 3.05) is 14.8 Å². The second kappa shape index (κ2) is 10.0. The Kier molecular flexibility index (Phi) is 6.06. The van der Waals surface area contributed by atoms with E-state index in [1.54, 1.807) is 0 Å². The molecule has 0 saturated heterocycles. The minimum Gasteiger partial charge on any atom is -0.277 e. The van der Waals surface area contributed by atoms with Crippen LogP contribution in [0.4, 0.5) is 28.7 Å². The summed E-state index contributed by atoms with van der Waals surface area (Å²) in [6.45, 7) is 1.85. The number of anilines is 5. The van der Waals surface area contributed by atoms with Crippen LogP contribution in [0.1, 0.15) is 6.92 Å². The number of para-hydroxylation sites is 3. The molecule has 0 bridgehead atoms. The lowest BCUT2D eigenvalue weighted by Gasteiger charge is -2.24. The van der Waals surface area contributed by atoms with E-state index in [4.69, 9.17) is 21.6 Å². The number of amides is 1. The molecular weight excluding hydrogens is 532 g/mol. The van der Waals surface area contributed by atoms with Gasteiger partial charge in [-0.1, -0.05) is 66.2 Å². The highest BCUT2D eigenvalue weighted by molar-refractivity contribution is 6.31. The van der Waals surface area contributed by atoms with E-state index in [0.29, 0.717) is 33.5 Å². The SMILES string of the molecule is CC1=NN(c2ccccc2)C(=O)/C1=C\C=C1\N(c2ccccc2)c2nc3ccc(Cl)cc3nc2N1c1ccccc1. The number of halogens is 1. The maximum atomic E-state index is 13.5. The van der Waals surface area contributed by atoms with Gasteiger partial charge in [0, 0.05) is 16.4 Å². The van der Waals surface area contributed by atoms with Crippen LogP contribution >= 0.6 is 11.6 Å². The van der Waals surface area contributed by atoms with Gasteiger partial charge in [0.1, 0.15) is 5.82 Å². The minimum absolute atomic E-state index is 0.185. The van der Waals surface area contributed by atoms with Crippen molar-refractivity contribution in [2.45, 2.75) is 6.92 Å². The van der Waals surface area contributed by atoms with Crippen molar-refractivity contribution in [3.8, 4) is 0 Å². The van der Waals surface area contributed by atoms with Crippen molar-refractivity contribution in [2.24, 2.45) is 5.10 Å². The fourth-order valence-corrected chi connectivity index (χ4v) is 5.22. The van der Waals surface area contributed by atoms with Gasteiger partial charge in [0.2, 0.25) is 0 Å². The lowest BCUT2D eigenvalue weighted by molar-refractivity contribution is -0.114. The Labute approximate surface area is 241 Å². The zero-order valence-electron chi connectivity index (χ0n) is 22.0. The fourth-order valence-electron chi connectivity index (χ4n) is 5.05. The molecule has 3 heterocycles. The number of carbonyl (C=O) groups excluding carboxylic acids is 1. The van der Waals surface area contributed by atoms with E-state index in [-0.39, 0.29) is 5.91 Å². The van der Waals surface area contributed by atoms with Gasteiger partial charge in [0.25, 0.3) is 5.91 Å². The highest BCUT2D eigenvalue weighted by atomic mass is 35.5. The predicted octanol–water partition coefficient (Wildman–Crippen LogP) is 7.76. The van der Waals surface area contributed by atoms with Crippen LogP contribution in [-0.2, 0) is 4.79 Å². The molecule has 0 N–H and O–H groups in total. The van der Waals surface area contributed by atoms with Gasteiger partial charge in [-0.25, -0.2) is 9.97 Å². The quantitative estimate of drug-likeness (QED) is 0.212. The van der Waals surface area contributed by atoms with Crippen LogP contribution in [0.25, 0.3) is 11.0 Å². The summed E-state index contributed by atoms with van der Waals surface area (Å²) in [6, 6.07) is 34.9.